The van der Waals surface area contributed by atoms with Crippen molar-refractivity contribution in [2.45, 2.75) is 51.9 Å². The normalized spacial score (nSPS) is 10.2. The Morgan fingerprint density at radius 3 is 2.43 bits per heavy atom. The van der Waals surface area contributed by atoms with Crippen LogP contribution in [0.5, 0.6) is 0 Å². The molecule has 0 aliphatic carbocycles. The van der Waals surface area contributed by atoms with E-state index in [1.807, 2.05) is 11.9 Å². The Morgan fingerprint density at radius 2 is 1.86 bits per heavy atom. The van der Waals surface area contributed by atoms with Crippen LogP contribution in [0.2, 0.25) is 0 Å². The van der Waals surface area contributed by atoms with Crippen LogP contribution in [0.4, 0.5) is 0 Å². The van der Waals surface area contributed by atoms with Crippen LogP contribution in [0.25, 0.3) is 0 Å². The molecule has 1 amide bonds. The maximum atomic E-state index is 11.5. The maximum Gasteiger partial charge on any atom is 0.222 e. The van der Waals surface area contributed by atoms with E-state index in [2.05, 4.69) is 13.8 Å². The summed E-state index contributed by atoms with van der Waals surface area (Å²) < 4.78 is 0. The average Bonchev–Trinajstić information content (AvgIpc) is 2.17. The summed E-state index contributed by atoms with van der Waals surface area (Å²) in [6.07, 6.45) is 7.39. The molecule has 0 heterocycles. The monoisotopic (exact) mass is 198 g/mol. The maximum absolute atomic E-state index is 11.5. The molecule has 1 radical (unpaired) electrons. The minimum Gasteiger partial charge on any atom is -0.346 e. The highest BCUT2D eigenvalue weighted by Crippen LogP contribution is 2.06. The van der Waals surface area contributed by atoms with Crippen molar-refractivity contribution in [1.82, 2.24) is 4.90 Å². The first kappa shape index (κ1) is 13.5. The van der Waals surface area contributed by atoms with Gasteiger partial charge in [0.2, 0.25) is 5.91 Å². The van der Waals surface area contributed by atoms with Crippen molar-refractivity contribution in [1.29, 1.82) is 0 Å². The molecule has 0 spiro atoms. The third kappa shape index (κ3) is 6.93. The summed E-state index contributed by atoms with van der Waals surface area (Å²) in [5, 5.41) is 0. The van der Waals surface area contributed by atoms with Gasteiger partial charge in [-0.15, -0.1) is 0 Å². The zero-order valence-electron chi connectivity index (χ0n) is 9.72. The van der Waals surface area contributed by atoms with Crippen molar-refractivity contribution < 1.29 is 4.79 Å². The topological polar surface area (TPSA) is 20.3 Å². The van der Waals surface area contributed by atoms with Crippen LogP contribution in [0, 0.1) is 6.92 Å². The second-order valence-corrected chi connectivity index (χ2v) is 3.83. The van der Waals surface area contributed by atoms with Crippen molar-refractivity contribution in [2.24, 2.45) is 0 Å². The lowest BCUT2D eigenvalue weighted by Gasteiger charge is -2.15. The fourth-order valence-corrected chi connectivity index (χ4v) is 1.46. The van der Waals surface area contributed by atoms with Crippen molar-refractivity contribution in [3.8, 4) is 0 Å². The summed E-state index contributed by atoms with van der Waals surface area (Å²) in [7, 11) is 1.89. The van der Waals surface area contributed by atoms with Gasteiger partial charge in [0.1, 0.15) is 0 Å². The summed E-state index contributed by atoms with van der Waals surface area (Å²) in [4.78, 5) is 13.3. The first-order valence-electron chi connectivity index (χ1n) is 5.75. The van der Waals surface area contributed by atoms with Crippen LogP contribution in [0.1, 0.15) is 51.9 Å². The molecule has 0 aromatic carbocycles. The minimum absolute atomic E-state index is 0.293. The minimum atomic E-state index is 0.293. The predicted octanol–water partition coefficient (Wildman–Crippen LogP) is 3.03. The summed E-state index contributed by atoms with van der Waals surface area (Å²) in [5.74, 6) is 0.293. The van der Waals surface area contributed by atoms with Gasteiger partial charge in [-0.2, -0.15) is 0 Å². The molecule has 0 aromatic rings. The molecule has 0 aliphatic rings. The lowest BCUT2D eigenvalue weighted by molar-refractivity contribution is -0.130. The Kier molecular flexibility index (Phi) is 8.70. The fourth-order valence-electron chi connectivity index (χ4n) is 1.46. The Bertz CT molecular complexity index is 145. The molecule has 0 N–H and O–H groups in total. The Morgan fingerprint density at radius 1 is 1.21 bits per heavy atom. The highest BCUT2D eigenvalue weighted by molar-refractivity contribution is 5.75. The van der Waals surface area contributed by atoms with Gasteiger partial charge in [-0.25, -0.2) is 0 Å². The SMILES string of the molecule is [CH2]CCCCCCC(=O)N(C)CCC. The molecule has 0 aliphatic heterocycles. The van der Waals surface area contributed by atoms with Gasteiger partial charge in [0.25, 0.3) is 0 Å². The van der Waals surface area contributed by atoms with Crippen LogP contribution in [0.15, 0.2) is 0 Å². The molecule has 0 saturated carbocycles. The van der Waals surface area contributed by atoms with E-state index >= 15 is 0 Å². The number of hydrogen-bond acceptors (Lipinski definition) is 1. The summed E-state index contributed by atoms with van der Waals surface area (Å²) in [6.45, 7) is 6.78. The summed E-state index contributed by atoms with van der Waals surface area (Å²) >= 11 is 0. The van der Waals surface area contributed by atoms with Crippen LogP contribution >= 0.6 is 0 Å². The largest absolute Gasteiger partial charge is 0.346 e. The zero-order valence-corrected chi connectivity index (χ0v) is 9.72. The molecule has 0 bridgehead atoms. The molecule has 2 heteroatoms. The van der Waals surface area contributed by atoms with E-state index in [4.69, 9.17) is 0 Å². The van der Waals surface area contributed by atoms with Gasteiger partial charge in [-0.3, -0.25) is 4.79 Å². The average molecular weight is 198 g/mol. The van der Waals surface area contributed by atoms with Crippen LogP contribution < -0.4 is 0 Å². The molecule has 0 fully saturated rings. The van der Waals surface area contributed by atoms with Gasteiger partial charge >= 0.3 is 0 Å². The number of nitrogens with zero attached hydrogens (tertiary/aromatic N) is 1. The molecular formula is C12H24NO. The molecule has 2 nitrogen and oxygen atoms in total. The molecule has 0 saturated heterocycles. The standard InChI is InChI=1S/C12H24NO/c1-4-6-7-8-9-10-12(14)13(3)11-5-2/h1,4-11H2,2-3H3. The lowest BCUT2D eigenvalue weighted by Crippen LogP contribution is -2.26. The van der Waals surface area contributed by atoms with E-state index < -0.39 is 0 Å². The quantitative estimate of drug-likeness (QED) is 0.549. The first-order chi connectivity index (χ1) is 6.72. The van der Waals surface area contributed by atoms with Crippen molar-refractivity contribution in [3.05, 3.63) is 6.92 Å². The van der Waals surface area contributed by atoms with Gasteiger partial charge in [-0.1, -0.05) is 39.5 Å². The van der Waals surface area contributed by atoms with E-state index in [1.54, 1.807) is 0 Å². The van der Waals surface area contributed by atoms with E-state index in [-0.39, 0.29) is 0 Å². The fraction of sp³-hybridized carbons (Fsp3) is 0.833. The molecule has 14 heavy (non-hydrogen) atoms. The van der Waals surface area contributed by atoms with E-state index in [0.29, 0.717) is 12.3 Å². The number of hydrogen-bond donors (Lipinski definition) is 0. The Balaban J connectivity index is 3.34. The number of carbonyl (C=O) groups is 1. The lowest BCUT2D eigenvalue weighted by atomic mass is 10.1. The Hall–Kier alpha value is -0.530. The number of carbonyl (C=O) groups excluding carboxylic acids is 1. The third-order valence-electron chi connectivity index (χ3n) is 2.38. The van der Waals surface area contributed by atoms with Gasteiger partial charge < -0.3 is 4.90 Å². The molecular weight excluding hydrogens is 174 g/mol. The van der Waals surface area contributed by atoms with Crippen molar-refractivity contribution in [2.75, 3.05) is 13.6 Å². The molecule has 0 rings (SSSR count). The molecule has 0 aromatic heterocycles. The first-order valence-corrected chi connectivity index (χ1v) is 5.75. The summed E-state index contributed by atoms with van der Waals surface area (Å²) in [6, 6.07) is 0. The number of rotatable bonds is 8. The van der Waals surface area contributed by atoms with Crippen molar-refractivity contribution in [3.63, 3.8) is 0 Å². The van der Waals surface area contributed by atoms with Crippen molar-refractivity contribution >= 4 is 5.91 Å². The van der Waals surface area contributed by atoms with Crippen LogP contribution in [-0.4, -0.2) is 24.4 Å². The zero-order chi connectivity index (χ0) is 10.8. The third-order valence-corrected chi connectivity index (χ3v) is 2.38. The van der Waals surface area contributed by atoms with Gasteiger partial charge in [0, 0.05) is 20.0 Å². The smallest absolute Gasteiger partial charge is 0.222 e. The molecule has 83 valence electrons. The predicted molar refractivity (Wildman–Crippen MR) is 61.0 cm³/mol. The second kappa shape index (κ2) is 9.04. The Labute approximate surface area is 88.7 Å². The van der Waals surface area contributed by atoms with E-state index in [9.17, 15) is 4.79 Å². The number of unbranched alkanes of at least 4 members (excludes halogenated alkanes) is 4. The van der Waals surface area contributed by atoms with Gasteiger partial charge in [0.05, 0.1) is 0 Å². The van der Waals surface area contributed by atoms with Gasteiger partial charge in [-0.05, 0) is 12.8 Å². The van der Waals surface area contributed by atoms with E-state index in [1.165, 1.54) is 19.3 Å². The highest BCUT2D eigenvalue weighted by atomic mass is 16.2. The molecule has 0 unspecified atom stereocenters. The number of amides is 1. The highest BCUT2D eigenvalue weighted by Gasteiger charge is 2.05. The van der Waals surface area contributed by atoms with E-state index in [0.717, 1.165) is 25.8 Å². The van der Waals surface area contributed by atoms with Crippen LogP contribution in [0.3, 0.4) is 0 Å². The summed E-state index contributed by atoms with van der Waals surface area (Å²) in [5.41, 5.74) is 0. The van der Waals surface area contributed by atoms with Gasteiger partial charge in [0.15, 0.2) is 0 Å². The molecule has 0 atom stereocenters. The second-order valence-electron chi connectivity index (χ2n) is 3.83. The van der Waals surface area contributed by atoms with Crippen LogP contribution in [-0.2, 0) is 4.79 Å².